The van der Waals surface area contributed by atoms with Gasteiger partial charge in [-0.15, -0.1) is 0 Å². The molecule has 0 spiro atoms. The van der Waals surface area contributed by atoms with Gasteiger partial charge in [0.1, 0.15) is 11.6 Å². The minimum Gasteiger partial charge on any atom is -0.496 e. The van der Waals surface area contributed by atoms with E-state index in [1.165, 1.54) is 0 Å². The molecule has 0 fully saturated rings. The van der Waals surface area contributed by atoms with Crippen molar-refractivity contribution < 1.29 is 9.53 Å². The van der Waals surface area contributed by atoms with Crippen LogP contribution in [0.1, 0.15) is 37.1 Å². The van der Waals surface area contributed by atoms with Crippen molar-refractivity contribution in [2.75, 3.05) is 7.11 Å². The van der Waals surface area contributed by atoms with Gasteiger partial charge in [0.15, 0.2) is 5.82 Å². The highest BCUT2D eigenvalue weighted by molar-refractivity contribution is 5.79. The summed E-state index contributed by atoms with van der Waals surface area (Å²) in [6.45, 7) is 5.89. The number of methoxy groups -OCH3 is 1. The second-order valence-electron chi connectivity index (χ2n) is 5.56. The molecule has 2 aromatic rings. The van der Waals surface area contributed by atoms with Crippen LogP contribution in [-0.4, -0.2) is 28.2 Å². The Morgan fingerprint density at radius 2 is 2.09 bits per heavy atom. The Balaban J connectivity index is 2.09. The molecule has 2 rings (SSSR count). The second-order valence-corrected chi connectivity index (χ2v) is 5.56. The van der Waals surface area contributed by atoms with Crippen LogP contribution in [0.3, 0.4) is 0 Å². The zero-order chi connectivity index (χ0) is 16.1. The van der Waals surface area contributed by atoms with Gasteiger partial charge in [0.25, 0.3) is 0 Å². The first kappa shape index (κ1) is 16.0. The first-order valence-corrected chi connectivity index (χ1v) is 7.31. The van der Waals surface area contributed by atoms with Gasteiger partial charge in [-0.2, -0.15) is 5.10 Å². The van der Waals surface area contributed by atoms with Crippen LogP contribution >= 0.6 is 0 Å². The molecule has 6 heteroatoms. The molecule has 0 unspecified atom stereocenters. The van der Waals surface area contributed by atoms with Crippen LogP contribution in [-0.2, 0) is 11.2 Å². The number of carbonyl (C=O) groups excluding carboxylic acids is 1. The molecular formula is C16H22N4O2. The lowest BCUT2D eigenvalue weighted by Crippen LogP contribution is -2.33. The molecule has 0 radical (unpaired) electrons. The zero-order valence-electron chi connectivity index (χ0n) is 13.4. The van der Waals surface area contributed by atoms with E-state index in [1.807, 2.05) is 45.0 Å². The van der Waals surface area contributed by atoms with Crippen LogP contribution in [0.4, 0.5) is 0 Å². The summed E-state index contributed by atoms with van der Waals surface area (Å²) in [4.78, 5) is 16.7. The van der Waals surface area contributed by atoms with Gasteiger partial charge in [-0.25, -0.2) is 4.98 Å². The number of H-pyrrole nitrogens is 1. The molecule has 0 aliphatic rings. The normalized spacial score (nSPS) is 12.2. The predicted molar refractivity (Wildman–Crippen MR) is 83.5 cm³/mol. The Hall–Kier alpha value is -2.37. The van der Waals surface area contributed by atoms with Gasteiger partial charge < -0.3 is 10.1 Å². The molecule has 118 valence electrons. The van der Waals surface area contributed by atoms with Crippen LogP contribution in [0.5, 0.6) is 5.75 Å². The highest BCUT2D eigenvalue weighted by Gasteiger charge is 2.22. The molecule has 1 atom stereocenters. The number of aromatic amines is 1. The van der Waals surface area contributed by atoms with E-state index in [-0.39, 0.29) is 24.3 Å². The Labute approximate surface area is 130 Å². The van der Waals surface area contributed by atoms with Crippen LogP contribution in [0.15, 0.2) is 24.3 Å². The first-order valence-electron chi connectivity index (χ1n) is 7.31. The molecule has 1 aromatic carbocycles. The van der Waals surface area contributed by atoms with Crippen molar-refractivity contribution >= 4 is 5.91 Å². The van der Waals surface area contributed by atoms with Gasteiger partial charge in [-0.1, -0.05) is 32.0 Å². The van der Waals surface area contributed by atoms with Gasteiger partial charge >= 0.3 is 0 Å². The largest absolute Gasteiger partial charge is 0.496 e. The maximum Gasteiger partial charge on any atom is 0.225 e. The van der Waals surface area contributed by atoms with Crippen LogP contribution in [0.25, 0.3) is 0 Å². The Bertz CT molecular complexity index is 637. The SMILES string of the molecule is COc1ccccc1CC(=O)N[C@H](c1n[nH]c(C)n1)C(C)C. The van der Waals surface area contributed by atoms with E-state index in [4.69, 9.17) is 4.74 Å². The van der Waals surface area contributed by atoms with Crippen molar-refractivity contribution in [3.8, 4) is 5.75 Å². The molecule has 0 bridgehead atoms. The highest BCUT2D eigenvalue weighted by atomic mass is 16.5. The van der Waals surface area contributed by atoms with Crippen LogP contribution in [0, 0.1) is 12.8 Å². The van der Waals surface area contributed by atoms with Crippen LogP contribution in [0.2, 0.25) is 0 Å². The first-order chi connectivity index (χ1) is 10.5. The van der Waals surface area contributed by atoms with E-state index in [0.717, 1.165) is 11.4 Å². The van der Waals surface area contributed by atoms with Gasteiger partial charge in [0, 0.05) is 5.56 Å². The fourth-order valence-corrected chi connectivity index (χ4v) is 2.27. The Morgan fingerprint density at radius 1 is 1.36 bits per heavy atom. The van der Waals surface area contributed by atoms with Gasteiger partial charge in [0.05, 0.1) is 19.6 Å². The lowest BCUT2D eigenvalue weighted by molar-refractivity contribution is -0.121. The van der Waals surface area contributed by atoms with Crippen molar-refractivity contribution in [3.05, 3.63) is 41.5 Å². The van der Waals surface area contributed by atoms with Crippen molar-refractivity contribution in [3.63, 3.8) is 0 Å². The third-order valence-corrected chi connectivity index (χ3v) is 3.42. The van der Waals surface area contributed by atoms with Crippen molar-refractivity contribution in [1.82, 2.24) is 20.5 Å². The van der Waals surface area contributed by atoms with Crippen molar-refractivity contribution in [2.24, 2.45) is 5.92 Å². The molecule has 22 heavy (non-hydrogen) atoms. The van der Waals surface area contributed by atoms with E-state index in [2.05, 4.69) is 20.5 Å². The second kappa shape index (κ2) is 7.06. The zero-order valence-corrected chi connectivity index (χ0v) is 13.4. The maximum absolute atomic E-state index is 12.3. The molecule has 2 N–H and O–H groups in total. The summed E-state index contributed by atoms with van der Waals surface area (Å²) in [5.74, 6) is 2.18. The fourth-order valence-electron chi connectivity index (χ4n) is 2.27. The lowest BCUT2D eigenvalue weighted by Gasteiger charge is -2.19. The molecule has 1 heterocycles. The summed E-state index contributed by atoms with van der Waals surface area (Å²) in [5.41, 5.74) is 0.858. The number of ether oxygens (including phenoxy) is 1. The third kappa shape index (κ3) is 3.84. The highest BCUT2D eigenvalue weighted by Crippen LogP contribution is 2.20. The molecule has 0 saturated heterocycles. The lowest BCUT2D eigenvalue weighted by atomic mass is 10.0. The summed E-state index contributed by atoms with van der Waals surface area (Å²) in [7, 11) is 1.60. The molecule has 0 saturated carbocycles. The quantitative estimate of drug-likeness (QED) is 0.857. The predicted octanol–water partition coefficient (Wildman–Crippen LogP) is 2.18. The minimum absolute atomic E-state index is 0.0781. The van der Waals surface area contributed by atoms with Crippen LogP contribution < -0.4 is 10.1 Å². The Morgan fingerprint density at radius 3 is 2.68 bits per heavy atom. The minimum atomic E-state index is -0.216. The number of hydrogen-bond acceptors (Lipinski definition) is 4. The number of nitrogens with one attached hydrogen (secondary N) is 2. The summed E-state index contributed by atoms with van der Waals surface area (Å²) >= 11 is 0. The number of rotatable bonds is 6. The third-order valence-electron chi connectivity index (χ3n) is 3.42. The summed E-state index contributed by atoms with van der Waals surface area (Å²) in [6, 6.07) is 7.30. The fraction of sp³-hybridized carbons (Fsp3) is 0.438. The summed E-state index contributed by atoms with van der Waals surface area (Å²) < 4.78 is 5.28. The average molecular weight is 302 g/mol. The molecule has 0 aliphatic heterocycles. The number of carbonyl (C=O) groups is 1. The standard InChI is InChI=1S/C16H22N4O2/c1-10(2)15(16-17-11(3)19-20-16)18-14(21)9-12-7-5-6-8-13(12)22-4/h5-8,10,15H,9H2,1-4H3,(H,18,21)(H,17,19,20)/t15-/m0/s1. The average Bonchev–Trinajstić information content (AvgIpc) is 2.91. The number of amides is 1. The smallest absolute Gasteiger partial charge is 0.225 e. The van der Waals surface area contributed by atoms with E-state index in [1.54, 1.807) is 7.11 Å². The topological polar surface area (TPSA) is 79.9 Å². The van der Waals surface area contributed by atoms with E-state index < -0.39 is 0 Å². The number of para-hydroxylation sites is 1. The van der Waals surface area contributed by atoms with Gasteiger partial charge in [0.2, 0.25) is 5.91 Å². The maximum atomic E-state index is 12.3. The monoisotopic (exact) mass is 302 g/mol. The van der Waals surface area contributed by atoms with Crippen molar-refractivity contribution in [1.29, 1.82) is 0 Å². The molecule has 1 aromatic heterocycles. The summed E-state index contributed by atoms with van der Waals surface area (Å²) in [5, 5.41) is 9.97. The number of hydrogen-bond donors (Lipinski definition) is 2. The van der Waals surface area contributed by atoms with E-state index in [9.17, 15) is 4.79 Å². The number of aryl methyl sites for hydroxylation is 1. The summed E-state index contributed by atoms with van der Waals surface area (Å²) in [6.07, 6.45) is 0.261. The molecule has 6 nitrogen and oxygen atoms in total. The number of nitrogens with zero attached hydrogens (tertiary/aromatic N) is 2. The molecular weight excluding hydrogens is 280 g/mol. The molecule has 0 aliphatic carbocycles. The van der Waals surface area contributed by atoms with Gasteiger partial charge in [-0.3, -0.25) is 9.89 Å². The Kier molecular flexibility index (Phi) is 5.14. The molecule has 1 amide bonds. The van der Waals surface area contributed by atoms with E-state index >= 15 is 0 Å². The number of benzene rings is 1. The number of aromatic nitrogens is 3. The van der Waals surface area contributed by atoms with Crippen molar-refractivity contribution in [2.45, 2.75) is 33.2 Å². The van der Waals surface area contributed by atoms with E-state index in [0.29, 0.717) is 11.6 Å². The van der Waals surface area contributed by atoms with Gasteiger partial charge in [-0.05, 0) is 18.9 Å².